The quantitative estimate of drug-likeness (QED) is 0.119. The monoisotopic (exact) mass is 1940 g/mol. The molecule has 0 amide bonds. The average Bonchev–Trinajstić information content (AvgIpc) is 1.53. The molecule has 3 heterocycles. The number of fused-ring (bicyclic) bond motifs is 20. The minimum atomic E-state index is -0.833. The number of nitrogens with zero attached hydrogens (tertiary/aromatic N) is 2. The second kappa shape index (κ2) is 42.1. The molecule has 1 aliphatic heterocycles. The predicted molar refractivity (Wildman–Crippen MR) is 603 cm³/mol. The SMILES string of the molecule is C.C.C1CCOC1.CC(=O)O.CC(C)(C)c1ccc(N(c2ccc(C(C)(C)C)cc2)c2cccc3c2oc2c(-c4ccc(C(C)(C)C)c5cccc(Br)c45)cccc23)cc1.CC(C)(C)c1ccc(N(c2ccc(C(C)(C)C)cc2)c2cccc3c2oc2c4c(ccc23)C2(c3ccccc3-c3ccccc32)c2cccc3c(C(C)(C)C)ccc-4c23)cc1.Cl.O=C1c2ccccc2-c2ccccc21.[CH2-]CCC.[Li+]. The van der Waals surface area contributed by atoms with E-state index >= 15 is 0 Å². The molecule has 1 saturated heterocycles. The van der Waals surface area contributed by atoms with Crippen LogP contribution in [-0.2, 0) is 47.4 Å². The maximum atomic E-state index is 11.9. The van der Waals surface area contributed by atoms with E-state index in [2.05, 4.69) is 437 Å². The molecule has 4 aliphatic rings. The zero-order chi connectivity index (χ0) is 97.2. The molecule has 11 heteroatoms. The molecular formula is C130H137BrClLiN2O6. The van der Waals surface area contributed by atoms with Crippen molar-refractivity contribution in [3.8, 4) is 44.5 Å². The van der Waals surface area contributed by atoms with Crippen LogP contribution in [0.15, 0.2) is 335 Å². The van der Waals surface area contributed by atoms with Crippen LogP contribution in [0.25, 0.3) is 110 Å². The molecule has 22 rings (SSSR count). The van der Waals surface area contributed by atoms with Gasteiger partial charge in [-0.2, -0.15) is 6.42 Å². The Kier molecular flexibility index (Phi) is 31.6. The van der Waals surface area contributed by atoms with E-state index in [9.17, 15) is 4.79 Å². The van der Waals surface area contributed by atoms with Crippen molar-refractivity contribution >= 4 is 140 Å². The van der Waals surface area contributed by atoms with Gasteiger partial charge in [0.2, 0.25) is 0 Å². The second-order valence-electron chi connectivity index (χ2n) is 43.1. The van der Waals surface area contributed by atoms with E-state index < -0.39 is 11.4 Å². The minimum absolute atomic E-state index is 0. The molecule has 141 heavy (non-hydrogen) atoms. The molecule has 718 valence electrons. The molecule has 8 nitrogen and oxygen atoms in total. The van der Waals surface area contributed by atoms with Gasteiger partial charge in [0.25, 0.3) is 5.97 Å². The van der Waals surface area contributed by atoms with Gasteiger partial charge in [-0.15, -0.1) is 12.4 Å². The number of ether oxygens (including phenoxy) is 1. The summed E-state index contributed by atoms with van der Waals surface area (Å²) in [4.78, 5) is 25.6. The van der Waals surface area contributed by atoms with Crippen LogP contribution in [0.1, 0.15) is 251 Å². The molecule has 16 aromatic carbocycles. The number of carbonyl (C=O) groups is 2. The first kappa shape index (κ1) is 106. The summed E-state index contributed by atoms with van der Waals surface area (Å²) in [6, 6.07) is 117. The van der Waals surface area contributed by atoms with Gasteiger partial charge in [-0.25, -0.2) is 0 Å². The summed E-state index contributed by atoms with van der Waals surface area (Å²) in [5.41, 5.74) is 33.9. The number of carboxylic acids is 1. The fourth-order valence-electron chi connectivity index (χ4n) is 20.4. The molecule has 18 aromatic rings. The Hall–Kier alpha value is -12.3. The topological polar surface area (TPSA) is 96.4 Å². The van der Waals surface area contributed by atoms with E-state index in [1.807, 2.05) is 48.5 Å². The molecule has 0 bridgehead atoms. The molecule has 0 radical (unpaired) electrons. The Labute approximate surface area is 864 Å². The van der Waals surface area contributed by atoms with E-state index in [1.165, 1.54) is 119 Å². The average molecular weight is 1950 g/mol. The van der Waals surface area contributed by atoms with Crippen molar-refractivity contribution in [1.82, 2.24) is 0 Å². The van der Waals surface area contributed by atoms with Crippen molar-refractivity contribution in [1.29, 1.82) is 0 Å². The Morgan fingerprint density at radius 3 is 1.05 bits per heavy atom. The van der Waals surface area contributed by atoms with Crippen molar-refractivity contribution in [2.45, 2.75) is 217 Å². The number of anilines is 6. The Bertz CT molecular complexity index is 7360. The van der Waals surface area contributed by atoms with E-state index in [1.54, 1.807) is 0 Å². The Morgan fingerprint density at radius 2 is 0.667 bits per heavy atom. The van der Waals surface area contributed by atoms with Crippen molar-refractivity contribution in [2.75, 3.05) is 23.0 Å². The number of aliphatic carboxylic acids is 1. The Balaban J connectivity index is 0.000000185. The maximum absolute atomic E-state index is 11.9. The third kappa shape index (κ3) is 20.4. The van der Waals surface area contributed by atoms with Crippen molar-refractivity contribution in [3.05, 3.63) is 400 Å². The molecular weight excluding hydrogens is 1810 g/mol. The van der Waals surface area contributed by atoms with Gasteiger partial charge in [0.1, 0.15) is 11.2 Å². The summed E-state index contributed by atoms with van der Waals surface area (Å²) < 4.78 is 20.7. The van der Waals surface area contributed by atoms with Gasteiger partial charge >= 0.3 is 18.9 Å². The first-order valence-electron chi connectivity index (χ1n) is 48.6. The summed E-state index contributed by atoms with van der Waals surface area (Å²) in [6.07, 6.45) is 4.83. The standard InChI is InChI=1S/C59H53NO.C46H46BrNO.C13H8O.C4H8O.C4H9.C2H4O2.2CH4.ClH.Li/c1-56(2,3)36-24-28-38(29-25-36)60(39-30-26-37(27-31-39)57(4,5)6)51-23-15-18-42-43-32-35-50-53(55(43)61-54(42)51)45-33-34-46(58(7,8)9)44-19-14-22-49(52(44)45)59(50)47-20-12-10-16-40(47)41-17-11-13-21-48(41)59;1-44(2,3)29-19-23-31(24-20-29)48(32-25-21-30(22-26-32)45(4,5)6)40-18-12-15-36-35-14-10-13-34(42(35)49-43(36)40)33-27-28-38(46(7,8)9)37-16-11-17-39(47)41(33)37;14-13-11-7-3-1-5-9(11)10-6-2-4-8-12(10)13;1-2-4-5-3-1;1-3-4-2;1-2(3)4;;;;/h10-35H,1-9H3;10-28H,1-9H3;1-8H;1-4H2;1,3-4H2,2H3;1H3,(H,3,4);2*1H4;1H;/q;;;;-1;;;;;+1. The molecule has 3 aliphatic carbocycles. The van der Waals surface area contributed by atoms with Gasteiger partial charge in [-0.1, -0.05) is 424 Å². The number of hydrogen-bond acceptors (Lipinski definition) is 7. The normalized spacial score (nSPS) is 13.0. The first-order chi connectivity index (χ1) is 65.3. The molecule has 1 spiro atoms. The van der Waals surface area contributed by atoms with Crippen molar-refractivity contribution in [3.63, 3.8) is 0 Å². The van der Waals surface area contributed by atoms with Crippen molar-refractivity contribution < 1.29 is 47.1 Å². The van der Waals surface area contributed by atoms with Crippen LogP contribution >= 0.6 is 28.3 Å². The van der Waals surface area contributed by atoms with E-state index in [0.29, 0.717) is 0 Å². The smallest absolute Gasteiger partial charge is 0.481 e. The van der Waals surface area contributed by atoms with Crippen LogP contribution in [0.2, 0.25) is 0 Å². The van der Waals surface area contributed by atoms with Gasteiger partial charge in [0, 0.05) is 96.5 Å². The summed E-state index contributed by atoms with van der Waals surface area (Å²) in [6.45, 7) is 49.9. The first-order valence-corrected chi connectivity index (χ1v) is 49.4. The van der Waals surface area contributed by atoms with E-state index in [-0.39, 0.29) is 84.4 Å². The van der Waals surface area contributed by atoms with Crippen LogP contribution in [0.3, 0.4) is 0 Å². The van der Waals surface area contributed by atoms with E-state index in [4.69, 9.17) is 23.5 Å². The summed E-state index contributed by atoms with van der Waals surface area (Å²) in [5, 5.41) is 17.0. The summed E-state index contributed by atoms with van der Waals surface area (Å²) >= 11 is 3.92. The molecule has 1 N–H and O–H groups in total. The number of carbonyl (C=O) groups excluding carboxylic acids is 1. The number of para-hydroxylation sites is 3. The summed E-state index contributed by atoms with van der Waals surface area (Å²) in [7, 11) is 0. The fraction of sp³-hybridized carbons (Fsp3) is 0.269. The van der Waals surface area contributed by atoms with Crippen LogP contribution in [0, 0.1) is 6.92 Å². The zero-order valence-corrected chi connectivity index (χ0v) is 87.1. The minimum Gasteiger partial charge on any atom is -0.481 e. The largest absolute Gasteiger partial charge is 1.00 e. The second-order valence-corrected chi connectivity index (χ2v) is 43.9. The number of benzene rings is 16. The Morgan fingerprint density at radius 1 is 0.348 bits per heavy atom. The number of rotatable bonds is 8. The molecule has 0 atom stereocenters. The molecule has 1 fully saturated rings. The third-order valence-electron chi connectivity index (χ3n) is 27.4. The fourth-order valence-corrected chi connectivity index (χ4v) is 20.9. The van der Waals surface area contributed by atoms with Gasteiger partial charge in [0.15, 0.2) is 16.9 Å². The predicted octanol–water partition coefficient (Wildman–Crippen LogP) is 35.1. The number of unbranched alkanes of at least 4 members (excludes halogenated alkanes) is 1. The van der Waals surface area contributed by atoms with Gasteiger partial charge < -0.3 is 35.4 Å². The van der Waals surface area contributed by atoms with Crippen molar-refractivity contribution in [2.24, 2.45) is 0 Å². The number of furan rings is 2. The zero-order valence-electron chi connectivity index (χ0n) is 84.7. The number of hydrogen-bond donors (Lipinski definition) is 1. The van der Waals surface area contributed by atoms with Crippen LogP contribution in [0.5, 0.6) is 0 Å². The van der Waals surface area contributed by atoms with E-state index in [0.717, 1.165) is 142 Å². The number of carboxylic acid groups (broad SMARTS) is 1. The number of ketones is 1. The molecule has 0 saturated carbocycles. The van der Waals surface area contributed by atoms with Gasteiger partial charge in [-0.05, 0) is 217 Å². The molecule has 2 aromatic heterocycles. The van der Waals surface area contributed by atoms with Crippen LogP contribution in [-0.4, -0.2) is 30.1 Å². The third-order valence-corrected chi connectivity index (χ3v) is 28.0. The van der Waals surface area contributed by atoms with Crippen LogP contribution < -0.4 is 28.7 Å². The number of halogens is 2. The van der Waals surface area contributed by atoms with Gasteiger partial charge in [-0.3, -0.25) is 9.59 Å². The molecule has 0 unspecified atom stereocenters. The summed E-state index contributed by atoms with van der Waals surface area (Å²) in [5.74, 6) is -0.684. The van der Waals surface area contributed by atoms with Crippen LogP contribution in [0.4, 0.5) is 34.1 Å². The maximum Gasteiger partial charge on any atom is 1.00 e. The van der Waals surface area contributed by atoms with Gasteiger partial charge in [0.05, 0.1) is 16.8 Å².